The molecule has 19 heavy (non-hydrogen) atoms. The molecule has 0 saturated carbocycles. The molecule has 0 bridgehead atoms. The summed E-state index contributed by atoms with van der Waals surface area (Å²) in [6.45, 7) is 1.93. The number of nitrogens with zero attached hydrogens (tertiary/aromatic N) is 3. The summed E-state index contributed by atoms with van der Waals surface area (Å²) in [6, 6.07) is 10.0. The van der Waals surface area contributed by atoms with E-state index in [4.69, 9.17) is 4.84 Å². The van der Waals surface area contributed by atoms with Gasteiger partial charge in [0.2, 0.25) is 0 Å². The number of rotatable bonds is 5. The van der Waals surface area contributed by atoms with E-state index in [1.807, 2.05) is 25.1 Å². The molecule has 0 fully saturated rings. The third-order valence-corrected chi connectivity index (χ3v) is 3.43. The zero-order chi connectivity index (χ0) is 13.5. The van der Waals surface area contributed by atoms with Crippen LogP contribution in [-0.4, -0.2) is 22.8 Å². The summed E-state index contributed by atoms with van der Waals surface area (Å²) in [7, 11) is 1.55. The molecule has 0 atom stereocenters. The zero-order valence-corrected chi connectivity index (χ0v) is 11.7. The highest BCUT2D eigenvalue weighted by atomic mass is 32.2. The fourth-order valence-electron chi connectivity index (χ4n) is 1.58. The van der Waals surface area contributed by atoms with Gasteiger partial charge in [-0.1, -0.05) is 35.1 Å². The minimum atomic E-state index is 0.787. The third kappa shape index (κ3) is 4.06. The van der Waals surface area contributed by atoms with Crippen molar-refractivity contribution in [1.29, 1.82) is 0 Å². The van der Waals surface area contributed by atoms with Gasteiger partial charge in [0.25, 0.3) is 0 Å². The van der Waals surface area contributed by atoms with Crippen molar-refractivity contribution in [1.82, 2.24) is 9.97 Å². The standard InChI is InChI=1S/C14H15N3OS/c1-11(17-18-2)13-6-3-5-12(9-13)10-19-14-15-7-4-8-16-14/h3-9H,10H2,1-2H3. The van der Waals surface area contributed by atoms with Gasteiger partial charge in [-0.25, -0.2) is 9.97 Å². The summed E-state index contributed by atoms with van der Waals surface area (Å²) < 4.78 is 0. The van der Waals surface area contributed by atoms with Crippen LogP contribution >= 0.6 is 11.8 Å². The fraction of sp³-hybridized carbons (Fsp3) is 0.214. The first-order valence-corrected chi connectivity index (χ1v) is 6.85. The van der Waals surface area contributed by atoms with Crippen molar-refractivity contribution in [3.05, 3.63) is 53.9 Å². The molecule has 0 amide bonds. The van der Waals surface area contributed by atoms with Gasteiger partial charge < -0.3 is 4.84 Å². The van der Waals surface area contributed by atoms with Gasteiger partial charge >= 0.3 is 0 Å². The van der Waals surface area contributed by atoms with Crippen LogP contribution in [0.1, 0.15) is 18.1 Å². The molecule has 0 aliphatic heterocycles. The number of hydrogen-bond donors (Lipinski definition) is 0. The van der Waals surface area contributed by atoms with Gasteiger partial charge in [-0.15, -0.1) is 0 Å². The van der Waals surface area contributed by atoms with Gasteiger partial charge in [0.15, 0.2) is 5.16 Å². The summed E-state index contributed by atoms with van der Waals surface area (Å²) in [5.41, 5.74) is 3.14. The van der Waals surface area contributed by atoms with Crippen molar-refractivity contribution in [3.63, 3.8) is 0 Å². The van der Waals surface area contributed by atoms with Crippen molar-refractivity contribution >= 4 is 17.5 Å². The van der Waals surface area contributed by atoms with Crippen molar-refractivity contribution in [3.8, 4) is 0 Å². The minimum absolute atomic E-state index is 0.787. The molecule has 0 unspecified atom stereocenters. The van der Waals surface area contributed by atoms with Crippen molar-refractivity contribution in [2.45, 2.75) is 17.8 Å². The summed E-state index contributed by atoms with van der Waals surface area (Å²) in [5.74, 6) is 0.831. The minimum Gasteiger partial charge on any atom is -0.399 e. The topological polar surface area (TPSA) is 47.4 Å². The lowest BCUT2D eigenvalue weighted by atomic mass is 10.1. The molecule has 0 spiro atoms. The predicted octanol–water partition coefficient (Wildman–Crippen LogP) is 3.14. The molecule has 0 aliphatic rings. The van der Waals surface area contributed by atoms with Crippen LogP contribution in [0.15, 0.2) is 53.0 Å². The largest absolute Gasteiger partial charge is 0.399 e. The van der Waals surface area contributed by atoms with E-state index in [9.17, 15) is 0 Å². The average molecular weight is 273 g/mol. The molecule has 1 heterocycles. The van der Waals surface area contributed by atoms with Crippen LogP contribution in [0.4, 0.5) is 0 Å². The highest BCUT2D eigenvalue weighted by molar-refractivity contribution is 7.98. The van der Waals surface area contributed by atoms with Gasteiger partial charge in [-0.2, -0.15) is 0 Å². The predicted molar refractivity (Wildman–Crippen MR) is 77.3 cm³/mol. The molecular weight excluding hydrogens is 258 g/mol. The van der Waals surface area contributed by atoms with Crippen LogP contribution in [0, 0.1) is 0 Å². The van der Waals surface area contributed by atoms with E-state index in [-0.39, 0.29) is 0 Å². The van der Waals surface area contributed by atoms with Crippen LogP contribution in [0.3, 0.4) is 0 Å². The number of benzene rings is 1. The Morgan fingerprint density at radius 1 is 1.26 bits per heavy atom. The van der Waals surface area contributed by atoms with E-state index >= 15 is 0 Å². The summed E-state index contributed by atoms with van der Waals surface area (Å²) in [4.78, 5) is 13.2. The number of aromatic nitrogens is 2. The second-order valence-corrected chi connectivity index (χ2v) is 4.82. The maximum absolute atomic E-state index is 4.79. The molecule has 98 valence electrons. The molecule has 5 heteroatoms. The summed E-state index contributed by atoms with van der Waals surface area (Å²) >= 11 is 1.61. The first-order valence-electron chi connectivity index (χ1n) is 5.86. The molecule has 0 saturated heterocycles. The van der Waals surface area contributed by atoms with E-state index in [0.29, 0.717) is 0 Å². The Morgan fingerprint density at radius 2 is 2.05 bits per heavy atom. The lowest BCUT2D eigenvalue weighted by Crippen LogP contribution is -1.96. The van der Waals surface area contributed by atoms with Crippen molar-refractivity contribution in [2.24, 2.45) is 5.16 Å². The SMILES string of the molecule is CON=C(C)c1cccc(CSc2ncccn2)c1. The van der Waals surface area contributed by atoms with E-state index in [2.05, 4.69) is 27.3 Å². The molecule has 0 N–H and O–H groups in total. The quantitative estimate of drug-likeness (QED) is 0.363. The van der Waals surface area contributed by atoms with Gasteiger partial charge in [-0.05, 0) is 30.2 Å². The van der Waals surface area contributed by atoms with Crippen LogP contribution < -0.4 is 0 Å². The Morgan fingerprint density at radius 3 is 2.79 bits per heavy atom. The molecule has 2 rings (SSSR count). The second kappa shape index (κ2) is 6.89. The average Bonchev–Trinajstić information content (AvgIpc) is 2.47. The maximum atomic E-state index is 4.79. The number of oxime groups is 1. The fourth-order valence-corrected chi connectivity index (χ4v) is 2.33. The van der Waals surface area contributed by atoms with E-state index < -0.39 is 0 Å². The normalized spacial score (nSPS) is 11.4. The van der Waals surface area contributed by atoms with Crippen molar-refractivity contribution in [2.75, 3.05) is 7.11 Å². The monoisotopic (exact) mass is 273 g/mol. The first kappa shape index (κ1) is 13.5. The van der Waals surface area contributed by atoms with Crippen molar-refractivity contribution < 1.29 is 4.84 Å². The van der Waals surface area contributed by atoms with Gasteiger partial charge in [-0.3, -0.25) is 0 Å². The van der Waals surface area contributed by atoms with E-state index in [1.54, 1.807) is 31.3 Å². The molecule has 0 radical (unpaired) electrons. The Balaban J connectivity index is 2.05. The second-order valence-electron chi connectivity index (χ2n) is 3.88. The van der Waals surface area contributed by atoms with Gasteiger partial charge in [0.1, 0.15) is 7.11 Å². The third-order valence-electron chi connectivity index (χ3n) is 2.48. The number of hydrogen-bond acceptors (Lipinski definition) is 5. The maximum Gasteiger partial charge on any atom is 0.187 e. The summed E-state index contributed by atoms with van der Waals surface area (Å²) in [6.07, 6.45) is 3.50. The summed E-state index contributed by atoms with van der Waals surface area (Å²) in [5, 5.41) is 4.73. The Labute approximate surface area is 116 Å². The number of thioether (sulfide) groups is 1. The molecule has 2 aromatic rings. The molecule has 4 nitrogen and oxygen atoms in total. The van der Waals surface area contributed by atoms with Gasteiger partial charge in [0, 0.05) is 18.1 Å². The Bertz CT molecular complexity index is 558. The lowest BCUT2D eigenvalue weighted by Gasteiger charge is -2.04. The Kier molecular flexibility index (Phi) is 4.92. The lowest BCUT2D eigenvalue weighted by molar-refractivity contribution is 0.213. The smallest absolute Gasteiger partial charge is 0.187 e. The highest BCUT2D eigenvalue weighted by Gasteiger charge is 2.02. The zero-order valence-electron chi connectivity index (χ0n) is 10.9. The van der Waals surface area contributed by atoms with Crippen LogP contribution in [-0.2, 0) is 10.6 Å². The Hall–Kier alpha value is -1.88. The van der Waals surface area contributed by atoms with Crippen LogP contribution in [0.5, 0.6) is 0 Å². The first-order chi connectivity index (χ1) is 9.29. The van der Waals surface area contributed by atoms with Crippen LogP contribution in [0.25, 0.3) is 0 Å². The highest BCUT2D eigenvalue weighted by Crippen LogP contribution is 2.19. The molecular formula is C14H15N3OS. The van der Waals surface area contributed by atoms with E-state index in [0.717, 1.165) is 22.2 Å². The van der Waals surface area contributed by atoms with Crippen LogP contribution in [0.2, 0.25) is 0 Å². The van der Waals surface area contributed by atoms with Gasteiger partial charge in [0.05, 0.1) is 5.71 Å². The molecule has 1 aromatic heterocycles. The molecule has 1 aromatic carbocycles. The van der Waals surface area contributed by atoms with E-state index in [1.165, 1.54) is 5.56 Å². The molecule has 0 aliphatic carbocycles.